The second-order valence-corrected chi connectivity index (χ2v) is 6.62. The van der Waals surface area contributed by atoms with Crippen LogP contribution in [0.4, 0.5) is 0 Å². The normalized spacial score (nSPS) is 12.3. The molecule has 0 aliphatic rings. The molecule has 0 saturated heterocycles. The number of aliphatic imine (C=N–C) groups is 1. The van der Waals surface area contributed by atoms with Crippen molar-refractivity contribution in [3.8, 4) is 0 Å². The third-order valence-electron chi connectivity index (χ3n) is 3.55. The number of nitrogens with one attached hydrogen (secondary N) is 1. The number of nitrogens with two attached hydrogens (primary N) is 1. The fourth-order valence-corrected chi connectivity index (χ4v) is 2.76. The number of carbonyl (C=O) groups is 1. The van der Waals surface area contributed by atoms with E-state index in [1.807, 2.05) is 19.9 Å². The van der Waals surface area contributed by atoms with Gasteiger partial charge in [0.05, 0.1) is 11.1 Å². The van der Waals surface area contributed by atoms with Crippen molar-refractivity contribution in [2.75, 3.05) is 7.05 Å². The summed E-state index contributed by atoms with van der Waals surface area (Å²) in [5.41, 5.74) is 5.75. The highest BCUT2D eigenvalue weighted by Gasteiger charge is 2.15. The van der Waals surface area contributed by atoms with Crippen molar-refractivity contribution in [2.24, 2.45) is 10.7 Å². The molecular formula is C17H20BrN5O2. The molecule has 25 heavy (non-hydrogen) atoms. The molecule has 0 aliphatic heterocycles. The average Bonchev–Trinajstić information content (AvgIpc) is 2.56. The quantitative estimate of drug-likeness (QED) is 0.598. The summed E-state index contributed by atoms with van der Waals surface area (Å²) in [7, 11) is 1.53. The summed E-state index contributed by atoms with van der Waals surface area (Å²) in [4.78, 5) is 28.8. The molecule has 0 saturated carbocycles. The molecule has 8 heteroatoms. The minimum atomic E-state index is -0.403. The standard InChI is InChI=1S/C17H20BrN5O2/c1-10(2)16-13-8-11(18)4-5-12(13)17(25)23(22-16)9-15(24)21-14(20-3)6-7-19/h4-8,10H,9,19H2,1-3H3,(H,20,21,24)/b7-6-. The monoisotopic (exact) mass is 405 g/mol. The summed E-state index contributed by atoms with van der Waals surface area (Å²) >= 11 is 3.42. The number of fused-ring (bicyclic) bond motifs is 1. The van der Waals surface area contributed by atoms with Gasteiger partial charge in [-0.1, -0.05) is 29.8 Å². The van der Waals surface area contributed by atoms with Gasteiger partial charge in [0.1, 0.15) is 12.4 Å². The lowest BCUT2D eigenvalue weighted by Gasteiger charge is -2.13. The van der Waals surface area contributed by atoms with E-state index in [1.165, 1.54) is 24.0 Å². The van der Waals surface area contributed by atoms with E-state index in [2.05, 4.69) is 31.3 Å². The summed E-state index contributed by atoms with van der Waals surface area (Å²) in [6.45, 7) is 3.78. The summed E-state index contributed by atoms with van der Waals surface area (Å²) in [5, 5.41) is 8.30. The zero-order valence-corrected chi connectivity index (χ0v) is 15.9. The Morgan fingerprint density at radius 1 is 1.44 bits per heavy atom. The van der Waals surface area contributed by atoms with Crippen molar-refractivity contribution >= 4 is 38.4 Å². The van der Waals surface area contributed by atoms with E-state index >= 15 is 0 Å². The lowest BCUT2D eigenvalue weighted by molar-refractivity contribution is -0.120. The molecular weight excluding hydrogens is 386 g/mol. The number of carbonyl (C=O) groups excluding carboxylic acids is 1. The van der Waals surface area contributed by atoms with E-state index < -0.39 is 5.91 Å². The van der Waals surface area contributed by atoms with Crippen LogP contribution in [-0.2, 0) is 11.3 Å². The van der Waals surface area contributed by atoms with Crippen LogP contribution in [0.3, 0.4) is 0 Å². The Balaban J connectivity index is 2.45. The van der Waals surface area contributed by atoms with Gasteiger partial charge >= 0.3 is 0 Å². The van der Waals surface area contributed by atoms with Gasteiger partial charge in [-0.15, -0.1) is 0 Å². The first kappa shape index (κ1) is 18.9. The van der Waals surface area contributed by atoms with Crippen LogP contribution >= 0.6 is 15.9 Å². The Bertz CT molecular complexity index is 915. The Labute approximate surface area is 153 Å². The fraction of sp³-hybridized carbons (Fsp3) is 0.294. The molecule has 2 aromatic rings. The first-order valence-corrected chi connectivity index (χ1v) is 8.51. The first-order chi connectivity index (χ1) is 11.9. The Kier molecular flexibility index (Phi) is 6.08. The van der Waals surface area contributed by atoms with Crippen LogP contribution < -0.4 is 16.6 Å². The molecule has 2 rings (SSSR count). The highest BCUT2D eigenvalue weighted by molar-refractivity contribution is 9.10. The average molecular weight is 406 g/mol. The maximum absolute atomic E-state index is 12.7. The number of amides is 1. The number of rotatable bonds is 4. The second kappa shape index (κ2) is 8.06. The number of benzene rings is 1. The van der Waals surface area contributed by atoms with Crippen molar-refractivity contribution < 1.29 is 4.79 Å². The van der Waals surface area contributed by atoms with Gasteiger partial charge in [-0.25, -0.2) is 4.68 Å². The number of nitrogens with zero attached hydrogens (tertiary/aromatic N) is 3. The van der Waals surface area contributed by atoms with Crippen LogP contribution in [0, 0.1) is 0 Å². The van der Waals surface area contributed by atoms with Crippen molar-refractivity contribution in [3.05, 3.63) is 51.0 Å². The molecule has 0 atom stereocenters. The number of aromatic nitrogens is 2. The van der Waals surface area contributed by atoms with E-state index in [0.717, 1.165) is 15.6 Å². The van der Waals surface area contributed by atoms with Gasteiger partial charge in [0, 0.05) is 16.9 Å². The zero-order chi connectivity index (χ0) is 18.6. The molecule has 0 aliphatic carbocycles. The summed E-state index contributed by atoms with van der Waals surface area (Å²) < 4.78 is 2.05. The predicted molar refractivity (Wildman–Crippen MR) is 103 cm³/mol. The fourth-order valence-electron chi connectivity index (χ4n) is 2.40. The lowest BCUT2D eigenvalue weighted by Crippen LogP contribution is -2.37. The largest absolute Gasteiger partial charge is 0.404 e. The third kappa shape index (κ3) is 4.33. The van der Waals surface area contributed by atoms with Crippen molar-refractivity contribution in [2.45, 2.75) is 26.3 Å². The molecule has 1 amide bonds. The molecule has 132 valence electrons. The van der Waals surface area contributed by atoms with Gasteiger partial charge in [-0.3, -0.25) is 14.6 Å². The minimum Gasteiger partial charge on any atom is -0.404 e. The maximum atomic E-state index is 12.7. The van der Waals surface area contributed by atoms with Crippen molar-refractivity contribution in [1.82, 2.24) is 15.1 Å². The molecule has 1 aromatic heterocycles. The molecule has 0 spiro atoms. The Morgan fingerprint density at radius 2 is 2.16 bits per heavy atom. The van der Waals surface area contributed by atoms with Crippen LogP contribution in [0.2, 0.25) is 0 Å². The lowest BCUT2D eigenvalue weighted by atomic mass is 10.0. The van der Waals surface area contributed by atoms with Crippen LogP contribution in [-0.4, -0.2) is 28.6 Å². The topological polar surface area (TPSA) is 102 Å². The van der Waals surface area contributed by atoms with Crippen molar-refractivity contribution in [1.29, 1.82) is 0 Å². The SMILES string of the molecule is CN=C(/C=C\N)NC(=O)Cn1nc(C(C)C)c2cc(Br)ccc2c1=O. The summed E-state index contributed by atoms with van der Waals surface area (Å²) in [6.07, 6.45) is 2.74. The molecule has 0 unspecified atom stereocenters. The van der Waals surface area contributed by atoms with Crippen LogP contribution in [0.15, 0.2) is 44.7 Å². The second-order valence-electron chi connectivity index (χ2n) is 5.71. The molecule has 0 fully saturated rings. The van der Waals surface area contributed by atoms with E-state index in [4.69, 9.17) is 5.73 Å². The van der Waals surface area contributed by atoms with E-state index in [-0.39, 0.29) is 18.0 Å². The Hall–Kier alpha value is -2.48. The highest BCUT2D eigenvalue weighted by atomic mass is 79.9. The maximum Gasteiger partial charge on any atom is 0.275 e. The number of hydrogen-bond acceptors (Lipinski definition) is 5. The van der Waals surface area contributed by atoms with Crippen LogP contribution in [0.25, 0.3) is 10.8 Å². The molecule has 0 bridgehead atoms. The summed E-state index contributed by atoms with van der Waals surface area (Å²) in [5.74, 6) is 0.00784. The Morgan fingerprint density at radius 3 is 2.76 bits per heavy atom. The van der Waals surface area contributed by atoms with Crippen molar-refractivity contribution in [3.63, 3.8) is 0 Å². The third-order valence-corrected chi connectivity index (χ3v) is 4.05. The van der Waals surface area contributed by atoms with Gasteiger partial charge in [0.2, 0.25) is 5.91 Å². The van der Waals surface area contributed by atoms with E-state index in [1.54, 1.807) is 12.1 Å². The minimum absolute atomic E-state index is 0.0969. The molecule has 1 heterocycles. The summed E-state index contributed by atoms with van der Waals surface area (Å²) in [6, 6.07) is 5.41. The van der Waals surface area contributed by atoms with Gasteiger partial charge < -0.3 is 11.1 Å². The highest BCUT2D eigenvalue weighted by Crippen LogP contribution is 2.24. The van der Waals surface area contributed by atoms with E-state index in [9.17, 15) is 9.59 Å². The molecule has 0 radical (unpaired) electrons. The van der Waals surface area contributed by atoms with Crippen LogP contribution in [0.1, 0.15) is 25.5 Å². The number of halogens is 1. The van der Waals surface area contributed by atoms with Gasteiger partial charge in [0.15, 0.2) is 0 Å². The smallest absolute Gasteiger partial charge is 0.275 e. The number of amidine groups is 1. The first-order valence-electron chi connectivity index (χ1n) is 7.72. The van der Waals surface area contributed by atoms with Gasteiger partial charge in [-0.05, 0) is 36.4 Å². The number of hydrogen-bond donors (Lipinski definition) is 2. The van der Waals surface area contributed by atoms with Gasteiger partial charge in [0.25, 0.3) is 5.56 Å². The van der Waals surface area contributed by atoms with Gasteiger partial charge in [-0.2, -0.15) is 5.10 Å². The molecule has 7 nitrogen and oxygen atoms in total. The molecule has 3 N–H and O–H groups in total. The molecule has 1 aromatic carbocycles. The predicted octanol–water partition coefficient (Wildman–Crippen LogP) is 1.90. The van der Waals surface area contributed by atoms with Crippen LogP contribution in [0.5, 0.6) is 0 Å². The zero-order valence-electron chi connectivity index (χ0n) is 14.3. The van der Waals surface area contributed by atoms with E-state index in [0.29, 0.717) is 11.2 Å².